The molecular formula is C13H17BrF2O. The SMILES string of the molecule is CCCCCC(Br)c1c(F)cc(OC)cc1F. The lowest BCUT2D eigenvalue weighted by Gasteiger charge is -2.13. The van der Waals surface area contributed by atoms with Crippen LogP contribution in [0.25, 0.3) is 0 Å². The summed E-state index contributed by atoms with van der Waals surface area (Å²) in [7, 11) is 1.39. The molecule has 1 atom stereocenters. The molecule has 0 amide bonds. The van der Waals surface area contributed by atoms with Crippen LogP contribution < -0.4 is 4.74 Å². The van der Waals surface area contributed by atoms with Gasteiger partial charge < -0.3 is 4.74 Å². The van der Waals surface area contributed by atoms with Gasteiger partial charge in [0, 0.05) is 22.5 Å². The van der Waals surface area contributed by atoms with Crippen LogP contribution in [0, 0.1) is 11.6 Å². The predicted octanol–water partition coefficient (Wildman–Crippen LogP) is 4.99. The fourth-order valence-corrected chi connectivity index (χ4v) is 2.46. The highest BCUT2D eigenvalue weighted by Gasteiger charge is 2.18. The smallest absolute Gasteiger partial charge is 0.134 e. The lowest BCUT2D eigenvalue weighted by molar-refractivity contribution is 0.404. The topological polar surface area (TPSA) is 9.23 Å². The molecular weight excluding hydrogens is 290 g/mol. The average Bonchev–Trinajstić information content (AvgIpc) is 2.28. The zero-order valence-corrected chi connectivity index (χ0v) is 11.7. The molecule has 96 valence electrons. The third-order valence-corrected chi connectivity index (χ3v) is 3.58. The molecule has 0 heterocycles. The minimum atomic E-state index is -0.555. The number of methoxy groups -OCH3 is 1. The van der Waals surface area contributed by atoms with Gasteiger partial charge in [-0.05, 0) is 6.42 Å². The van der Waals surface area contributed by atoms with E-state index >= 15 is 0 Å². The van der Waals surface area contributed by atoms with E-state index in [-0.39, 0.29) is 16.1 Å². The Morgan fingerprint density at radius 2 is 1.82 bits per heavy atom. The van der Waals surface area contributed by atoms with E-state index in [1.165, 1.54) is 19.2 Å². The Morgan fingerprint density at radius 3 is 2.29 bits per heavy atom. The molecule has 1 nitrogen and oxygen atoms in total. The third kappa shape index (κ3) is 3.95. The molecule has 1 aromatic rings. The summed E-state index contributed by atoms with van der Waals surface area (Å²) in [5.74, 6) is -0.905. The minimum Gasteiger partial charge on any atom is -0.497 e. The van der Waals surface area contributed by atoms with Crippen molar-refractivity contribution in [3.63, 3.8) is 0 Å². The first-order valence-corrected chi connectivity index (χ1v) is 6.68. The van der Waals surface area contributed by atoms with Crippen molar-refractivity contribution in [3.05, 3.63) is 29.3 Å². The fourth-order valence-electron chi connectivity index (χ4n) is 1.70. The van der Waals surface area contributed by atoms with Crippen LogP contribution in [-0.4, -0.2) is 7.11 Å². The van der Waals surface area contributed by atoms with Gasteiger partial charge in [0.2, 0.25) is 0 Å². The van der Waals surface area contributed by atoms with E-state index in [2.05, 4.69) is 22.9 Å². The largest absolute Gasteiger partial charge is 0.497 e. The van der Waals surface area contributed by atoms with Crippen LogP contribution in [0.15, 0.2) is 12.1 Å². The van der Waals surface area contributed by atoms with Gasteiger partial charge in [0.25, 0.3) is 0 Å². The van der Waals surface area contributed by atoms with E-state index in [1.807, 2.05) is 0 Å². The number of hydrogen-bond acceptors (Lipinski definition) is 1. The number of alkyl halides is 1. The average molecular weight is 307 g/mol. The maximum absolute atomic E-state index is 13.7. The van der Waals surface area contributed by atoms with Crippen molar-refractivity contribution in [1.29, 1.82) is 0 Å². The Morgan fingerprint density at radius 1 is 1.24 bits per heavy atom. The lowest BCUT2D eigenvalue weighted by Crippen LogP contribution is -2.00. The number of rotatable bonds is 6. The van der Waals surface area contributed by atoms with Crippen LogP contribution in [0.1, 0.15) is 43.0 Å². The predicted molar refractivity (Wildman–Crippen MR) is 68.7 cm³/mol. The third-order valence-electron chi connectivity index (χ3n) is 2.66. The van der Waals surface area contributed by atoms with Gasteiger partial charge in [-0.1, -0.05) is 42.1 Å². The highest BCUT2D eigenvalue weighted by molar-refractivity contribution is 9.09. The van der Waals surface area contributed by atoms with Crippen molar-refractivity contribution in [2.45, 2.75) is 37.4 Å². The molecule has 0 radical (unpaired) electrons. The second-order valence-electron chi connectivity index (χ2n) is 3.97. The van der Waals surface area contributed by atoms with Gasteiger partial charge in [-0.2, -0.15) is 0 Å². The van der Waals surface area contributed by atoms with Crippen LogP contribution in [0.5, 0.6) is 5.75 Å². The van der Waals surface area contributed by atoms with Crippen molar-refractivity contribution >= 4 is 15.9 Å². The van der Waals surface area contributed by atoms with E-state index in [1.54, 1.807) is 0 Å². The fraction of sp³-hybridized carbons (Fsp3) is 0.538. The van der Waals surface area contributed by atoms with Crippen LogP contribution >= 0.6 is 15.9 Å². The number of ether oxygens (including phenoxy) is 1. The summed E-state index contributed by atoms with van der Waals surface area (Å²) < 4.78 is 32.2. The van der Waals surface area contributed by atoms with Crippen LogP contribution in [0.2, 0.25) is 0 Å². The Kier molecular flexibility index (Phi) is 5.89. The number of hydrogen-bond donors (Lipinski definition) is 0. The first-order valence-electron chi connectivity index (χ1n) is 5.77. The van der Waals surface area contributed by atoms with Gasteiger partial charge in [0.1, 0.15) is 17.4 Å². The number of halogens is 3. The lowest BCUT2D eigenvalue weighted by atomic mass is 10.0. The maximum atomic E-state index is 13.7. The Labute approximate surface area is 109 Å². The van der Waals surface area contributed by atoms with Crippen LogP contribution in [0.4, 0.5) is 8.78 Å². The van der Waals surface area contributed by atoms with Crippen molar-refractivity contribution in [3.8, 4) is 5.75 Å². The Bertz CT molecular complexity index is 345. The van der Waals surface area contributed by atoms with E-state index in [0.717, 1.165) is 25.7 Å². The summed E-state index contributed by atoms with van der Waals surface area (Å²) in [6, 6.07) is 2.43. The molecule has 0 aliphatic carbocycles. The van der Waals surface area contributed by atoms with Gasteiger partial charge in [-0.15, -0.1) is 0 Å². The standard InChI is InChI=1S/C13H17BrF2O/c1-3-4-5-6-10(14)13-11(15)7-9(17-2)8-12(13)16/h7-8,10H,3-6H2,1-2H3. The van der Waals surface area contributed by atoms with Gasteiger partial charge in [0.05, 0.1) is 7.11 Å². The van der Waals surface area contributed by atoms with E-state index in [0.29, 0.717) is 0 Å². The molecule has 0 aliphatic heterocycles. The van der Waals surface area contributed by atoms with Crippen molar-refractivity contribution in [1.82, 2.24) is 0 Å². The molecule has 1 rings (SSSR count). The molecule has 0 aliphatic rings. The first-order chi connectivity index (χ1) is 8.10. The van der Waals surface area contributed by atoms with Crippen LogP contribution in [0.3, 0.4) is 0 Å². The molecule has 17 heavy (non-hydrogen) atoms. The molecule has 1 aromatic carbocycles. The van der Waals surface area contributed by atoms with Gasteiger partial charge >= 0.3 is 0 Å². The zero-order chi connectivity index (χ0) is 12.8. The zero-order valence-electron chi connectivity index (χ0n) is 10.1. The second kappa shape index (κ2) is 6.94. The molecule has 0 saturated carbocycles. The molecule has 4 heteroatoms. The molecule has 0 bridgehead atoms. The monoisotopic (exact) mass is 306 g/mol. The Hall–Kier alpha value is -0.640. The summed E-state index contributed by atoms with van der Waals surface area (Å²) in [5.41, 5.74) is 0.0990. The summed E-state index contributed by atoms with van der Waals surface area (Å²) in [4.78, 5) is -0.278. The molecule has 0 aromatic heterocycles. The van der Waals surface area contributed by atoms with Crippen molar-refractivity contribution in [2.24, 2.45) is 0 Å². The van der Waals surface area contributed by atoms with E-state index < -0.39 is 11.6 Å². The van der Waals surface area contributed by atoms with Crippen LogP contribution in [-0.2, 0) is 0 Å². The first kappa shape index (κ1) is 14.4. The Balaban J connectivity index is 2.82. The summed E-state index contributed by atoms with van der Waals surface area (Å²) >= 11 is 3.34. The number of unbranched alkanes of at least 4 members (excludes halogenated alkanes) is 2. The quantitative estimate of drug-likeness (QED) is 0.531. The molecule has 1 unspecified atom stereocenters. The van der Waals surface area contributed by atoms with Gasteiger partial charge in [-0.25, -0.2) is 8.78 Å². The van der Waals surface area contributed by atoms with E-state index in [4.69, 9.17) is 4.74 Å². The molecule has 0 spiro atoms. The highest BCUT2D eigenvalue weighted by Crippen LogP contribution is 2.34. The van der Waals surface area contributed by atoms with Gasteiger partial charge in [0.15, 0.2) is 0 Å². The molecule has 0 N–H and O–H groups in total. The van der Waals surface area contributed by atoms with Crippen molar-refractivity contribution < 1.29 is 13.5 Å². The number of benzene rings is 1. The van der Waals surface area contributed by atoms with Crippen molar-refractivity contribution in [2.75, 3.05) is 7.11 Å². The summed E-state index contributed by atoms with van der Waals surface area (Å²) in [6.45, 7) is 2.10. The molecule has 0 saturated heterocycles. The summed E-state index contributed by atoms with van der Waals surface area (Å²) in [6.07, 6.45) is 3.85. The minimum absolute atomic E-state index is 0.0990. The van der Waals surface area contributed by atoms with Gasteiger partial charge in [-0.3, -0.25) is 0 Å². The highest BCUT2D eigenvalue weighted by atomic mass is 79.9. The second-order valence-corrected chi connectivity index (χ2v) is 5.07. The molecule has 0 fully saturated rings. The van der Waals surface area contributed by atoms with E-state index in [9.17, 15) is 8.78 Å². The normalized spacial score (nSPS) is 12.5. The maximum Gasteiger partial charge on any atom is 0.134 e. The summed E-state index contributed by atoms with van der Waals surface area (Å²) in [5, 5.41) is 0.